The first-order valence-corrected chi connectivity index (χ1v) is 7.40. The number of hydrogen-bond acceptors (Lipinski definition) is 3. The zero-order chi connectivity index (χ0) is 16.1. The fraction of sp³-hybridized carbons (Fsp3) is 0. The lowest BCUT2D eigenvalue weighted by atomic mass is 10.1. The molecule has 4 nitrogen and oxygen atoms in total. The highest BCUT2D eigenvalue weighted by atomic mass is 79.9. The number of halogens is 2. The number of hydrogen-bond donors (Lipinski definition) is 2. The molecule has 0 unspecified atom stereocenters. The molecule has 1 amide bonds. The molecule has 0 bridgehead atoms. The van der Waals surface area contributed by atoms with Crippen molar-refractivity contribution in [2.45, 2.75) is 0 Å². The van der Waals surface area contributed by atoms with Crippen molar-refractivity contribution in [2.24, 2.45) is 0 Å². The molecule has 6 heteroatoms. The van der Waals surface area contributed by atoms with E-state index in [0.717, 1.165) is 10.5 Å². The van der Waals surface area contributed by atoms with E-state index < -0.39 is 11.7 Å². The predicted molar refractivity (Wildman–Crippen MR) is 89.8 cm³/mol. The Bertz CT molecular complexity index is 741. The lowest BCUT2D eigenvalue weighted by Gasteiger charge is -2.04. The quantitative estimate of drug-likeness (QED) is 0.474. The van der Waals surface area contributed by atoms with Gasteiger partial charge in [0.2, 0.25) is 5.78 Å². The first-order valence-electron chi connectivity index (χ1n) is 6.23. The Balaban J connectivity index is 2.08. The molecule has 2 rings (SSSR count). The standard InChI is InChI=1S/C16H11BrClNO3/c17-11-2-1-3-13(8-11)19-16(22)15(21)9-14(20)10-4-6-12(18)7-5-10/h1-9,20H,(H,19,22)/b14-9-. The maximum atomic E-state index is 11.8. The Hall–Kier alpha value is -2.11. The van der Waals surface area contributed by atoms with Crippen molar-refractivity contribution in [3.8, 4) is 0 Å². The van der Waals surface area contributed by atoms with Crippen LogP contribution >= 0.6 is 27.5 Å². The van der Waals surface area contributed by atoms with Crippen LogP contribution in [0.5, 0.6) is 0 Å². The summed E-state index contributed by atoms with van der Waals surface area (Å²) < 4.78 is 0.775. The van der Waals surface area contributed by atoms with E-state index in [4.69, 9.17) is 11.6 Å². The highest BCUT2D eigenvalue weighted by Crippen LogP contribution is 2.17. The molecule has 0 spiro atoms. The predicted octanol–water partition coefficient (Wildman–Crippen LogP) is 4.21. The molecule has 0 radical (unpaired) electrons. The van der Waals surface area contributed by atoms with Crippen molar-refractivity contribution in [3.63, 3.8) is 0 Å². The molecule has 112 valence electrons. The number of rotatable bonds is 4. The molecule has 2 aromatic carbocycles. The summed E-state index contributed by atoms with van der Waals surface area (Å²) in [5, 5.41) is 12.8. The van der Waals surface area contributed by atoms with Crippen LogP contribution in [0, 0.1) is 0 Å². The van der Waals surface area contributed by atoms with Gasteiger partial charge < -0.3 is 10.4 Å². The molecular weight excluding hydrogens is 370 g/mol. The van der Waals surface area contributed by atoms with Gasteiger partial charge in [-0.25, -0.2) is 0 Å². The van der Waals surface area contributed by atoms with Crippen molar-refractivity contribution < 1.29 is 14.7 Å². The summed E-state index contributed by atoms with van der Waals surface area (Å²) in [5.74, 6) is -1.99. The number of amides is 1. The molecule has 0 saturated heterocycles. The van der Waals surface area contributed by atoms with E-state index in [-0.39, 0.29) is 5.76 Å². The molecule has 0 heterocycles. The lowest BCUT2D eigenvalue weighted by Crippen LogP contribution is -2.21. The first kappa shape index (κ1) is 16.3. The Morgan fingerprint density at radius 3 is 2.45 bits per heavy atom. The van der Waals surface area contributed by atoms with Gasteiger partial charge in [0.15, 0.2) is 0 Å². The van der Waals surface area contributed by atoms with E-state index in [1.54, 1.807) is 48.5 Å². The van der Waals surface area contributed by atoms with Crippen molar-refractivity contribution in [1.82, 2.24) is 0 Å². The second kappa shape index (κ2) is 7.24. The molecule has 0 aliphatic rings. The minimum Gasteiger partial charge on any atom is -0.507 e. The molecule has 0 aliphatic carbocycles. The molecule has 0 atom stereocenters. The number of nitrogens with one attached hydrogen (secondary N) is 1. The molecular formula is C16H11BrClNO3. The molecule has 22 heavy (non-hydrogen) atoms. The zero-order valence-corrected chi connectivity index (χ0v) is 13.6. The third kappa shape index (κ3) is 4.44. The minimum atomic E-state index is -0.854. The monoisotopic (exact) mass is 379 g/mol. The highest BCUT2D eigenvalue weighted by molar-refractivity contribution is 9.10. The van der Waals surface area contributed by atoms with Crippen LogP contribution in [0.3, 0.4) is 0 Å². The topological polar surface area (TPSA) is 66.4 Å². The second-order valence-corrected chi connectivity index (χ2v) is 5.72. The van der Waals surface area contributed by atoms with Crippen molar-refractivity contribution >= 4 is 50.7 Å². The number of carbonyl (C=O) groups excluding carboxylic acids is 2. The van der Waals surface area contributed by atoms with Crippen LogP contribution in [0.2, 0.25) is 5.02 Å². The summed E-state index contributed by atoms with van der Waals surface area (Å²) in [6.45, 7) is 0. The minimum absolute atomic E-state index is 0.300. The van der Waals surface area contributed by atoms with Gasteiger partial charge in [-0.3, -0.25) is 9.59 Å². The number of aliphatic hydroxyl groups is 1. The Morgan fingerprint density at radius 1 is 1.14 bits per heavy atom. The van der Waals surface area contributed by atoms with Gasteiger partial charge in [0, 0.05) is 26.8 Å². The number of aliphatic hydroxyl groups excluding tert-OH is 1. The highest BCUT2D eigenvalue weighted by Gasteiger charge is 2.13. The Kier molecular flexibility index (Phi) is 5.35. The van der Waals surface area contributed by atoms with Crippen molar-refractivity contribution in [3.05, 3.63) is 69.7 Å². The Labute approximate surface area is 140 Å². The normalized spacial score (nSPS) is 11.1. The zero-order valence-electron chi connectivity index (χ0n) is 11.2. The van der Waals surface area contributed by atoms with E-state index in [9.17, 15) is 14.7 Å². The number of carbonyl (C=O) groups is 2. The van der Waals surface area contributed by atoms with Crippen LogP contribution in [-0.2, 0) is 9.59 Å². The van der Waals surface area contributed by atoms with E-state index in [1.807, 2.05) is 0 Å². The average molecular weight is 381 g/mol. The van der Waals surface area contributed by atoms with E-state index >= 15 is 0 Å². The molecule has 0 fully saturated rings. The smallest absolute Gasteiger partial charge is 0.296 e. The fourth-order valence-corrected chi connectivity index (χ4v) is 2.18. The SMILES string of the molecule is O=C(/C=C(\O)c1ccc(Cl)cc1)C(=O)Nc1cccc(Br)c1. The molecule has 2 aromatic rings. The van der Waals surface area contributed by atoms with Crippen molar-refractivity contribution in [2.75, 3.05) is 5.32 Å². The fourth-order valence-electron chi connectivity index (χ4n) is 1.65. The van der Waals surface area contributed by atoms with Crippen LogP contribution in [0.4, 0.5) is 5.69 Å². The van der Waals surface area contributed by atoms with Crippen LogP contribution in [0.25, 0.3) is 5.76 Å². The summed E-state index contributed by atoms with van der Waals surface area (Å²) in [6, 6.07) is 13.1. The van der Waals surface area contributed by atoms with Gasteiger partial charge in [0.1, 0.15) is 5.76 Å². The van der Waals surface area contributed by atoms with Gasteiger partial charge in [0.25, 0.3) is 5.91 Å². The van der Waals surface area contributed by atoms with Crippen molar-refractivity contribution in [1.29, 1.82) is 0 Å². The third-order valence-electron chi connectivity index (χ3n) is 2.71. The van der Waals surface area contributed by atoms with Crippen LogP contribution < -0.4 is 5.32 Å². The number of ketones is 1. The van der Waals surface area contributed by atoms with Gasteiger partial charge in [-0.2, -0.15) is 0 Å². The number of anilines is 1. The van der Waals surface area contributed by atoms with E-state index in [0.29, 0.717) is 16.3 Å². The lowest BCUT2D eigenvalue weighted by molar-refractivity contribution is -0.131. The largest absolute Gasteiger partial charge is 0.507 e. The first-order chi connectivity index (χ1) is 10.5. The van der Waals surface area contributed by atoms with Gasteiger partial charge in [-0.1, -0.05) is 33.6 Å². The molecule has 0 aliphatic heterocycles. The van der Waals surface area contributed by atoms with E-state index in [2.05, 4.69) is 21.2 Å². The van der Waals surface area contributed by atoms with E-state index in [1.165, 1.54) is 0 Å². The van der Waals surface area contributed by atoms with Gasteiger partial charge in [-0.15, -0.1) is 0 Å². The summed E-state index contributed by atoms with van der Waals surface area (Å²) in [6.07, 6.45) is 0.872. The Morgan fingerprint density at radius 2 is 1.82 bits per heavy atom. The van der Waals surface area contributed by atoms with Crippen LogP contribution in [0.15, 0.2) is 59.1 Å². The van der Waals surface area contributed by atoms with Crippen LogP contribution in [0.1, 0.15) is 5.56 Å². The number of benzene rings is 2. The maximum absolute atomic E-state index is 11.8. The average Bonchev–Trinajstić information content (AvgIpc) is 2.47. The third-order valence-corrected chi connectivity index (χ3v) is 3.46. The summed E-state index contributed by atoms with van der Waals surface area (Å²) in [7, 11) is 0. The van der Waals surface area contributed by atoms with Gasteiger partial charge in [0.05, 0.1) is 0 Å². The molecule has 2 N–H and O–H groups in total. The van der Waals surface area contributed by atoms with Gasteiger partial charge >= 0.3 is 0 Å². The summed E-state index contributed by atoms with van der Waals surface area (Å²) >= 11 is 9.01. The van der Waals surface area contributed by atoms with Crippen LogP contribution in [-0.4, -0.2) is 16.8 Å². The second-order valence-electron chi connectivity index (χ2n) is 4.37. The molecule has 0 aromatic heterocycles. The van der Waals surface area contributed by atoms with Gasteiger partial charge in [-0.05, 0) is 42.5 Å². The summed E-state index contributed by atoms with van der Waals surface area (Å²) in [4.78, 5) is 23.6. The molecule has 0 saturated carbocycles. The maximum Gasteiger partial charge on any atom is 0.296 e. The summed E-state index contributed by atoms with van der Waals surface area (Å²) in [5.41, 5.74) is 0.875.